The molecule has 1 aromatic heterocycles. The van der Waals surface area contributed by atoms with Gasteiger partial charge >= 0.3 is 0 Å². The van der Waals surface area contributed by atoms with Crippen LogP contribution in [0.15, 0.2) is 24.3 Å². The van der Waals surface area contributed by atoms with Crippen molar-refractivity contribution in [3.63, 3.8) is 0 Å². The highest BCUT2D eigenvalue weighted by molar-refractivity contribution is 5.87. The lowest BCUT2D eigenvalue weighted by atomic mass is 10.2. The van der Waals surface area contributed by atoms with Gasteiger partial charge in [0.1, 0.15) is 5.75 Å². The van der Waals surface area contributed by atoms with Crippen molar-refractivity contribution in [1.29, 1.82) is 0 Å². The van der Waals surface area contributed by atoms with Gasteiger partial charge in [0.2, 0.25) is 0 Å². The average Bonchev–Trinajstić information content (AvgIpc) is 2.75. The Hall–Kier alpha value is -1.48. The lowest BCUT2D eigenvalue weighted by molar-refractivity contribution is 0.417. The van der Waals surface area contributed by atoms with Crippen molar-refractivity contribution in [2.75, 3.05) is 14.2 Å². The molecule has 1 N–H and O–H groups in total. The summed E-state index contributed by atoms with van der Waals surface area (Å²) in [7, 11) is 3.71. The summed E-state index contributed by atoms with van der Waals surface area (Å²) in [6.07, 6.45) is 0. The van der Waals surface area contributed by atoms with Crippen LogP contribution in [0.5, 0.6) is 5.75 Å². The van der Waals surface area contributed by atoms with Crippen molar-refractivity contribution >= 4 is 10.9 Å². The fraction of sp³-hybridized carbons (Fsp3) is 0.429. The standard InChI is InChI=1S/C14H20N2O/c1-5-16-12(10(2)15-3)9-11-7-6-8-13(17-4)14(11)16/h6-10,15H,5H2,1-4H3. The zero-order chi connectivity index (χ0) is 12.4. The first-order valence-electron chi connectivity index (χ1n) is 6.06. The highest BCUT2D eigenvalue weighted by Gasteiger charge is 2.14. The van der Waals surface area contributed by atoms with E-state index in [9.17, 15) is 0 Å². The Labute approximate surface area is 102 Å². The molecular formula is C14H20N2O. The first-order valence-corrected chi connectivity index (χ1v) is 6.06. The molecule has 1 unspecified atom stereocenters. The van der Waals surface area contributed by atoms with Gasteiger partial charge in [0.05, 0.1) is 12.6 Å². The summed E-state index contributed by atoms with van der Waals surface area (Å²) in [5.41, 5.74) is 2.49. The minimum atomic E-state index is 0.340. The van der Waals surface area contributed by atoms with Crippen molar-refractivity contribution in [2.45, 2.75) is 26.4 Å². The first kappa shape index (κ1) is 12.0. The van der Waals surface area contributed by atoms with Crippen LogP contribution in [-0.4, -0.2) is 18.7 Å². The Balaban J connectivity index is 2.71. The van der Waals surface area contributed by atoms with Crippen molar-refractivity contribution in [3.8, 4) is 5.75 Å². The molecule has 0 spiro atoms. The number of aryl methyl sites for hydroxylation is 1. The molecule has 1 aromatic carbocycles. The molecule has 0 aliphatic carbocycles. The minimum Gasteiger partial charge on any atom is -0.495 e. The molecule has 0 saturated carbocycles. The summed E-state index contributed by atoms with van der Waals surface area (Å²) in [4.78, 5) is 0. The molecule has 17 heavy (non-hydrogen) atoms. The Morgan fingerprint density at radius 2 is 2.18 bits per heavy atom. The monoisotopic (exact) mass is 232 g/mol. The molecule has 0 aliphatic rings. The van der Waals surface area contributed by atoms with Crippen molar-refractivity contribution < 1.29 is 4.74 Å². The van der Waals surface area contributed by atoms with Gasteiger partial charge in [0.15, 0.2) is 0 Å². The number of ether oxygens (including phenoxy) is 1. The molecule has 2 rings (SSSR count). The number of rotatable bonds is 4. The zero-order valence-corrected chi connectivity index (χ0v) is 10.9. The fourth-order valence-corrected chi connectivity index (χ4v) is 2.32. The summed E-state index contributed by atoms with van der Waals surface area (Å²) >= 11 is 0. The van der Waals surface area contributed by atoms with E-state index in [0.717, 1.165) is 12.3 Å². The van der Waals surface area contributed by atoms with E-state index >= 15 is 0 Å². The molecular weight excluding hydrogens is 212 g/mol. The van der Waals surface area contributed by atoms with Crippen molar-refractivity contribution in [2.24, 2.45) is 0 Å². The van der Waals surface area contributed by atoms with E-state index in [2.05, 4.69) is 35.9 Å². The zero-order valence-electron chi connectivity index (χ0n) is 10.9. The number of nitrogens with one attached hydrogen (secondary N) is 1. The fourth-order valence-electron chi connectivity index (χ4n) is 2.32. The van der Waals surface area contributed by atoms with Crippen LogP contribution in [0.4, 0.5) is 0 Å². The van der Waals surface area contributed by atoms with Crippen molar-refractivity contribution in [3.05, 3.63) is 30.0 Å². The summed E-state index contributed by atoms with van der Waals surface area (Å²) < 4.78 is 7.77. The molecule has 92 valence electrons. The van der Waals surface area contributed by atoms with Gasteiger partial charge in [-0.2, -0.15) is 0 Å². The normalized spacial score (nSPS) is 12.9. The van der Waals surface area contributed by atoms with E-state index < -0.39 is 0 Å². The van der Waals surface area contributed by atoms with Crippen LogP contribution in [-0.2, 0) is 6.54 Å². The maximum atomic E-state index is 5.46. The Morgan fingerprint density at radius 3 is 2.76 bits per heavy atom. The SMILES string of the molecule is CCn1c(C(C)NC)cc2cccc(OC)c21. The molecule has 0 radical (unpaired) electrons. The second kappa shape index (κ2) is 4.80. The maximum absolute atomic E-state index is 5.46. The van der Waals surface area contributed by atoms with E-state index in [1.165, 1.54) is 16.6 Å². The van der Waals surface area contributed by atoms with Gasteiger partial charge in [0, 0.05) is 23.7 Å². The summed E-state index contributed by atoms with van der Waals surface area (Å²) in [5.74, 6) is 0.943. The second-order valence-corrected chi connectivity index (χ2v) is 4.22. The lowest BCUT2D eigenvalue weighted by Crippen LogP contribution is -2.16. The second-order valence-electron chi connectivity index (χ2n) is 4.22. The number of methoxy groups -OCH3 is 1. The molecule has 0 aliphatic heterocycles. The average molecular weight is 232 g/mol. The molecule has 1 atom stereocenters. The van der Waals surface area contributed by atoms with Crippen LogP contribution in [0.2, 0.25) is 0 Å². The van der Waals surface area contributed by atoms with Crippen molar-refractivity contribution in [1.82, 2.24) is 9.88 Å². The van der Waals surface area contributed by atoms with Crippen LogP contribution < -0.4 is 10.1 Å². The first-order chi connectivity index (χ1) is 8.22. The maximum Gasteiger partial charge on any atom is 0.143 e. The number of fused-ring (bicyclic) bond motifs is 1. The van der Waals surface area contributed by atoms with E-state index in [4.69, 9.17) is 4.74 Å². The Bertz CT molecular complexity index is 516. The molecule has 0 fully saturated rings. The third-order valence-electron chi connectivity index (χ3n) is 3.33. The molecule has 0 saturated heterocycles. The van der Waals surface area contributed by atoms with Crippen LogP contribution in [0.1, 0.15) is 25.6 Å². The van der Waals surface area contributed by atoms with E-state index in [1.54, 1.807) is 7.11 Å². The number of para-hydroxylation sites is 1. The molecule has 3 heteroatoms. The number of aromatic nitrogens is 1. The van der Waals surface area contributed by atoms with Gasteiger partial charge in [0.25, 0.3) is 0 Å². The van der Waals surface area contributed by atoms with E-state index in [0.29, 0.717) is 6.04 Å². The Kier molecular flexibility index (Phi) is 3.38. The van der Waals surface area contributed by atoms with Gasteiger partial charge in [-0.15, -0.1) is 0 Å². The molecule has 0 bridgehead atoms. The number of hydrogen-bond acceptors (Lipinski definition) is 2. The van der Waals surface area contributed by atoms with Gasteiger partial charge in [-0.05, 0) is 33.0 Å². The predicted octanol–water partition coefficient (Wildman–Crippen LogP) is 2.95. The lowest BCUT2D eigenvalue weighted by Gasteiger charge is -2.15. The van der Waals surface area contributed by atoms with E-state index in [-0.39, 0.29) is 0 Å². The number of benzene rings is 1. The van der Waals surface area contributed by atoms with Crippen LogP contribution in [0.3, 0.4) is 0 Å². The summed E-state index contributed by atoms with van der Waals surface area (Å²) in [5, 5.41) is 4.53. The molecule has 3 nitrogen and oxygen atoms in total. The summed E-state index contributed by atoms with van der Waals surface area (Å²) in [6.45, 7) is 5.29. The van der Waals surface area contributed by atoms with Gasteiger partial charge in [-0.1, -0.05) is 12.1 Å². The molecule has 1 heterocycles. The molecule has 0 amide bonds. The van der Waals surface area contributed by atoms with Crippen LogP contribution in [0, 0.1) is 0 Å². The quantitative estimate of drug-likeness (QED) is 0.877. The highest BCUT2D eigenvalue weighted by atomic mass is 16.5. The van der Waals surface area contributed by atoms with Crippen LogP contribution in [0.25, 0.3) is 10.9 Å². The summed E-state index contributed by atoms with van der Waals surface area (Å²) in [6, 6.07) is 8.77. The molecule has 2 aromatic rings. The van der Waals surface area contributed by atoms with Gasteiger partial charge in [-0.25, -0.2) is 0 Å². The largest absolute Gasteiger partial charge is 0.495 e. The van der Waals surface area contributed by atoms with Gasteiger partial charge < -0.3 is 14.6 Å². The van der Waals surface area contributed by atoms with Crippen LogP contribution >= 0.6 is 0 Å². The smallest absolute Gasteiger partial charge is 0.143 e. The van der Waals surface area contributed by atoms with Gasteiger partial charge in [-0.3, -0.25) is 0 Å². The highest BCUT2D eigenvalue weighted by Crippen LogP contribution is 2.31. The third kappa shape index (κ3) is 1.91. The minimum absolute atomic E-state index is 0.340. The topological polar surface area (TPSA) is 26.2 Å². The predicted molar refractivity (Wildman–Crippen MR) is 71.6 cm³/mol. The Morgan fingerprint density at radius 1 is 1.41 bits per heavy atom. The number of hydrogen-bond donors (Lipinski definition) is 1. The third-order valence-corrected chi connectivity index (χ3v) is 3.33. The van der Waals surface area contributed by atoms with E-state index in [1.807, 2.05) is 19.2 Å². The number of nitrogens with zero attached hydrogens (tertiary/aromatic N) is 1.